The Morgan fingerprint density at radius 3 is 2.17 bits per heavy atom. The van der Waals surface area contributed by atoms with Crippen molar-refractivity contribution in [1.82, 2.24) is 9.97 Å². The van der Waals surface area contributed by atoms with E-state index in [1.165, 1.54) is 43.2 Å². The SMILES string of the molecule is CCCCCc1cnc(-c2ccc(CCCCCCOCC(F)CC)cc2)nc1. The van der Waals surface area contributed by atoms with Crippen LogP contribution in [-0.4, -0.2) is 29.4 Å². The molecule has 0 aliphatic carbocycles. The van der Waals surface area contributed by atoms with Crippen molar-refractivity contribution < 1.29 is 9.13 Å². The zero-order chi connectivity index (χ0) is 20.7. The van der Waals surface area contributed by atoms with E-state index in [1.807, 2.05) is 19.3 Å². The molecular weight excluding hydrogens is 363 g/mol. The quantitative estimate of drug-likeness (QED) is 0.310. The van der Waals surface area contributed by atoms with Gasteiger partial charge in [-0.1, -0.05) is 63.8 Å². The number of nitrogens with zero attached hydrogens (tertiary/aromatic N) is 2. The van der Waals surface area contributed by atoms with Gasteiger partial charge in [-0.25, -0.2) is 14.4 Å². The van der Waals surface area contributed by atoms with E-state index >= 15 is 0 Å². The molecular formula is C25H37FN2O. The van der Waals surface area contributed by atoms with Crippen LogP contribution in [0, 0.1) is 0 Å². The average molecular weight is 401 g/mol. The third-order valence-electron chi connectivity index (χ3n) is 5.23. The molecule has 29 heavy (non-hydrogen) atoms. The van der Waals surface area contributed by atoms with E-state index in [0.717, 1.165) is 37.1 Å². The summed E-state index contributed by atoms with van der Waals surface area (Å²) in [4.78, 5) is 9.08. The monoisotopic (exact) mass is 400 g/mol. The maximum atomic E-state index is 13.0. The summed E-state index contributed by atoms with van der Waals surface area (Å²) in [6.45, 7) is 4.98. The van der Waals surface area contributed by atoms with Crippen molar-refractivity contribution in [2.45, 2.75) is 84.2 Å². The van der Waals surface area contributed by atoms with Crippen LogP contribution in [0.25, 0.3) is 11.4 Å². The Hall–Kier alpha value is -1.81. The lowest BCUT2D eigenvalue weighted by Gasteiger charge is -2.07. The molecule has 0 aliphatic heterocycles. The molecule has 2 rings (SSSR count). The van der Waals surface area contributed by atoms with E-state index in [2.05, 4.69) is 41.2 Å². The third kappa shape index (κ3) is 9.49. The van der Waals surface area contributed by atoms with Gasteiger partial charge in [0.25, 0.3) is 0 Å². The number of unbranched alkanes of at least 4 members (excludes halogenated alkanes) is 5. The molecule has 1 aromatic carbocycles. The first kappa shape index (κ1) is 23.5. The Labute approximate surface area is 176 Å². The molecule has 0 N–H and O–H groups in total. The topological polar surface area (TPSA) is 35.0 Å². The maximum absolute atomic E-state index is 13.0. The number of hydrogen-bond acceptors (Lipinski definition) is 3. The molecule has 160 valence electrons. The van der Waals surface area contributed by atoms with Crippen molar-refractivity contribution in [2.24, 2.45) is 0 Å². The summed E-state index contributed by atoms with van der Waals surface area (Å²) in [6, 6.07) is 8.61. The lowest BCUT2D eigenvalue weighted by atomic mass is 10.0. The third-order valence-corrected chi connectivity index (χ3v) is 5.23. The van der Waals surface area contributed by atoms with Crippen molar-refractivity contribution in [3.63, 3.8) is 0 Å². The molecule has 0 aliphatic rings. The van der Waals surface area contributed by atoms with Crippen LogP contribution in [0.1, 0.15) is 76.3 Å². The first-order chi connectivity index (χ1) is 14.2. The largest absolute Gasteiger partial charge is 0.378 e. The Bertz CT molecular complexity index is 658. The molecule has 1 atom stereocenters. The fraction of sp³-hybridized carbons (Fsp3) is 0.600. The van der Waals surface area contributed by atoms with Crippen molar-refractivity contribution in [2.75, 3.05) is 13.2 Å². The highest BCUT2D eigenvalue weighted by atomic mass is 19.1. The Morgan fingerprint density at radius 1 is 0.828 bits per heavy atom. The average Bonchev–Trinajstić information content (AvgIpc) is 2.76. The predicted octanol–water partition coefficient (Wildman–Crippen LogP) is 6.74. The zero-order valence-electron chi connectivity index (χ0n) is 18.2. The molecule has 3 nitrogen and oxygen atoms in total. The minimum Gasteiger partial charge on any atom is -0.378 e. The molecule has 0 radical (unpaired) electrons. The minimum atomic E-state index is -0.813. The van der Waals surface area contributed by atoms with Crippen molar-refractivity contribution in [3.05, 3.63) is 47.8 Å². The van der Waals surface area contributed by atoms with Gasteiger partial charge in [0.1, 0.15) is 6.17 Å². The molecule has 0 saturated carbocycles. The van der Waals surface area contributed by atoms with Crippen molar-refractivity contribution in [3.8, 4) is 11.4 Å². The Balaban J connectivity index is 1.64. The van der Waals surface area contributed by atoms with Crippen molar-refractivity contribution in [1.29, 1.82) is 0 Å². The van der Waals surface area contributed by atoms with Gasteiger partial charge in [-0.05, 0) is 49.7 Å². The van der Waals surface area contributed by atoms with Crippen LogP contribution in [0.2, 0.25) is 0 Å². The van der Waals surface area contributed by atoms with E-state index in [4.69, 9.17) is 4.74 Å². The lowest BCUT2D eigenvalue weighted by molar-refractivity contribution is 0.0765. The van der Waals surface area contributed by atoms with Gasteiger partial charge in [0, 0.05) is 24.6 Å². The van der Waals surface area contributed by atoms with Crippen LogP contribution in [0.5, 0.6) is 0 Å². The second-order valence-corrected chi connectivity index (χ2v) is 7.81. The summed E-state index contributed by atoms with van der Waals surface area (Å²) in [5.41, 5.74) is 3.65. The van der Waals surface area contributed by atoms with Gasteiger partial charge in [0.05, 0.1) is 6.61 Å². The molecule has 1 heterocycles. The molecule has 4 heteroatoms. The normalized spacial score (nSPS) is 12.2. The van der Waals surface area contributed by atoms with Gasteiger partial charge in [0.2, 0.25) is 0 Å². The zero-order valence-corrected chi connectivity index (χ0v) is 18.2. The molecule has 0 bridgehead atoms. The van der Waals surface area contributed by atoms with Crippen LogP contribution in [0.3, 0.4) is 0 Å². The van der Waals surface area contributed by atoms with Crippen LogP contribution >= 0.6 is 0 Å². The van der Waals surface area contributed by atoms with E-state index in [-0.39, 0.29) is 6.61 Å². The molecule has 0 saturated heterocycles. The highest BCUT2D eigenvalue weighted by Crippen LogP contribution is 2.17. The number of hydrogen-bond donors (Lipinski definition) is 0. The van der Waals surface area contributed by atoms with Gasteiger partial charge in [-0.3, -0.25) is 0 Å². The highest BCUT2D eigenvalue weighted by molar-refractivity contribution is 5.55. The van der Waals surface area contributed by atoms with Crippen LogP contribution in [0.4, 0.5) is 4.39 Å². The maximum Gasteiger partial charge on any atom is 0.159 e. The van der Waals surface area contributed by atoms with E-state index in [0.29, 0.717) is 13.0 Å². The minimum absolute atomic E-state index is 0.244. The standard InChI is InChI=1S/C25H37FN2O/c1-3-5-8-12-22-18-27-25(28-19-22)23-15-13-21(14-16-23)11-9-6-7-10-17-29-20-24(26)4-2/h13-16,18-19,24H,3-12,17,20H2,1-2H3. The van der Waals surface area contributed by atoms with Crippen LogP contribution in [0.15, 0.2) is 36.7 Å². The fourth-order valence-corrected chi connectivity index (χ4v) is 3.25. The van der Waals surface area contributed by atoms with Gasteiger partial charge in [0.15, 0.2) is 5.82 Å². The molecule has 2 aromatic rings. The number of benzene rings is 1. The number of alkyl halides is 1. The summed E-state index contributed by atoms with van der Waals surface area (Å²) in [5.74, 6) is 0.800. The van der Waals surface area contributed by atoms with E-state index in [1.54, 1.807) is 0 Å². The summed E-state index contributed by atoms with van der Waals surface area (Å²) < 4.78 is 18.4. The molecule has 0 amide bonds. The van der Waals surface area contributed by atoms with Gasteiger partial charge >= 0.3 is 0 Å². The van der Waals surface area contributed by atoms with Crippen molar-refractivity contribution >= 4 is 0 Å². The number of halogens is 1. The number of ether oxygens (including phenoxy) is 1. The van der Waals surface area contributed by atoms with Gasteiger partial charge < -0.3 is 4.74 Å². The van der Waals surface area contributed by atoms with E-state index < -0.39 is 6.17 Å². The van der Waals surface area contributed by atoms with Gasteiger partial charge in [-0.15, -0.1) is 0 Å². The summed E-state index contributed by atoms with van der Waals surface area (Å²) in [5, 5.41) is 0. The molecule has 1 aromatic heterocycles. The summed E-state index contributed by atoms with van der Waals surface area (Å²) in [6.07, 6.45) is 14.0. The second kappa shape index (κ2) is 14.2. The summed E-state index contributed by atoms with van der Waals surface area (Å²) >= 11 is 0. The highest BCUT2D eigenvalue weighted by Gasteiger charge is 2.04. The Morgan fingerprint density at radius 2 is 1.48 bits per heavy atom. The summed E-state index contributed by atoms with van der Waals surface area (Å²) in [7, 11) is 0. The van der Waals surface area contributed by atoms with E-state index in [9.17, 15) is 4.39 Å². The van der Waals surface area contributed by atoms with Gasteiger partial charge in [-0.2, -0.15) is 0 Å². The predicted molar refractivity (Wildman–Crippen MR) is 119 cm³/mol. The van der Waals surface area contributed by atoms with Crippen LogP contribution in [-0.2, 0) is 17.6 Å². The number of aromatic nitrogens is 2. The number of aryl methyl sites for hydroxylation is 2. The molecule has 0 fully saturated rings. The Kier molecular flexibility index (Phi) is 11.5. The number of rotatable bonds is 15. The second-order valence-electron chi connectivity index (χ2n) is 7.81. The fourth-order valence-electron chi connectivity index (χ4n) is 3.25. The smallest absolute Gasteiger partial charge is 0.159 e. The first-order valence-corrected chi connectivity index (χ1v) is 11.3. The molecule has 0 spiro atoms. The first-order valence-electron chi connectivity index (χ1n) is 11.3. The lowest BCUT2D eigenvalue weighted by Crippen LogP contribution is -2.09. The van der Waals surface area contributed by atoms with Crippen LogP contribution < -0.4 is 0 Å². The molecule has 1 unspecified atom stereocenters.